The number of phenolic OH excluding ortho intramolecular Hbond substituents is 1. The molecule has 0 aliphatic carbocycles. The highest BCUT2D eigenvalue weighted by atomic mass is 35.5. The normalized spacial score (nSPS) is 13.6. The van der Waals surface area contributed by atoms with Crippen molar-refractivity contribution in [2.75, 3.05) is 6.54 Å². The summed E-state index contributed by atoms with van der Waals surface area (Å²) in [5, 5.41) is 24.8. The second kappa shape index (κ2) is 6.54. The zero-order valence-electron chi connectivity index (χ0n) is 13.2. The average Bonchev–Trinajstić information content (AvgIpc) is 3.27. The van der Waals surface area contributed by atoms with E-state index >= 15 is 0 Å². The van der Waals surface area contributed by atoms with Crippen LogP contribution >= 0.6 is 11.6 Å². The Hall–Kier alpha value is -2.90. The summed E-state index contributed by atoms with van der Waals surface area (Å²) < 4.78 is 1.96. The third-order valence-electron chi connectivity index (χ3n) is 3.82. The Morgan fingerprint density at radius 3 is 2.48 bits per heavy atom. The van der Waals surface area contributed by atoms with Gasteiger partial charge in [-0.2, -0.15) is 5.10 Å². The number of aromatic hydroxyl groups is 1. The molecule has 0 spiro atoms. The van der Waals surface area contributed by atoms with E-state index in [2.05, 4.69) is 20.7 Å². The number of nitrogens with zero attached hydrogens (tertiary/aromatic N) is 5. The highest BCUT2D eigenvalue weighted by Crippen LogP contribution is 2.26. The number of benzene rings is 2. The van der Waals surface area contributed by atoms with E-state index in [4.69, 9.17) is 11.6 Å². The lowest BCUT2D eigenvalue weighted by atomic mass is 10.2. The molecular weight excluding hydrogens is 340 g/mol. The molecule has 2 N–H and O–H groups in total. The van der Waals surface area contributed by atoms with Crippen LogP contribution in [-0.4, -0.2) is 37.7 Å². The maximum absolute atomic E-state index is 9.53. The first-order valence-electron chi connectivity index (χ1n) is 7.74. The van der Waals surface area contributed by atoms with Crippen LogP contribution in [0.1, 0.15) is 5.82 Å². The summed E-state index contributed by atoms with van der Waals surface area (Å²) in [4.78, 5) is 0. The molecule has 0 unspecified atom stereocenters. The lowest BCUT2D eigenvalue weighted by molar-refractivity contribution is 0.214. The van der Waals surface area contributed by atoms with Crippen LogP contribution in [0, 0.1) is 0 Å². The quantitative estimate of drug-likeness (QED) is 0.753. The lowest BCUT2D eigenvalue weighted by Gasteiger charge is -2.15. The van der Waals surface area contributed by atoms with Gasteiger partial charge < -0.3 is 5.11 Å². The van der Waals surface area contributed by atoms with Crippen LogP contribution in [-0.2, 0) is 6.54 Å². The summed E-state index contributed by atoms with van der Waals surface area (Å²) in [6.45, 7) is 1.16. The molecule has 8 heteroatoms. The van der Waals surface area contributed by atoms with Gasteiger partial charge in [-0.25, -0.2) is 10.5 Å². The van der Waals surface area contributed by atoms with E-state index in [1.165, 1.54) is 0 Å². The van der Waals surface area contributed by atoms with Crippen molar-refractivity contribution in [1.29, 1.82) is 0 Å². The van der Waals surface area contributed by atoms with Crippen molar-refractivity contribution in [2.24, 2.45) is 5.10 Å². The van der Waals surface area contributed by atoms with Gasteiger partial charge in [0.15, 0.2) is 11.6 Å². The number of aromatic nitrogens is 3. The van der Waals surface area contributed by atoms with Crippen molar-refractivity contribution >= 4 is 17.8 Å². The number of phenols is 1. The number of hydrazone groups is 1. The topological polar surface area (TPSA) is 78.6 Å². The Labute approximate surface area is 149 Å². The molecule has 4 rings (SSSR count). The predicted molar refractivity (Wildman–Crippen MR) is 95.5 cm³/mol. The van der Waals surface area contributed by atoms with E-state index in [0.717, 1.165) is 17.1 Å². The minimum absolute atomic E-state index is 0.206. The number of hydrogen-bond donors (Lipinski definition) is 2. The molecule has 25 heavy (non-hydrogen) atoms. The van der Waals surface area contributed by atoms with Gasteiger partial charge in [-0.05, 0) is 48.5 Å². The second-order valence-corrected chi connectivity index (χ2v) is 5.95. The molecule has 2 aromatic carbocycles. The van der Waals surface area contributed by atoms with E-state index < -0.39 is 0 Å². The number of hydrogen-bond acceptors (Lipinski definition) is 6. The first kappa shape index (κ1) is 15.6. The van der Waals surface area contributed by atoms with Crippen LogP contribution in [0.5, 0.6) is 5.75 Å². The Bertz CT molecular complexity index is 904. The summed E-state index contributed by atoms with van der Waals surface area (Å²) in [5.74, 6) is 1.62. The van der Waals surface area contributed by atoms with Gasteiger partial charge in [0.25, 0.3) is 0 Å². The predicted octanol–water partition coefficient (Wildman–Crippen LogP) is 2.60. The largest absolute Gasteiger partial charge is 0.508 e. The second-order valence-electron chi connectivity index (χ2n) is 5.52. The van der Waals surface area contributed by atoms with Gasteiger partial charge in [-0.15, -0.1) is 10.2 Å². The van der Waals surface area contributed by atoms with Crippen LogP contribution in [0.3, 0.4) is 0 Å². The van der Waals surface area contributed by atoms with E-state index in [1.807, 2.05) is 41.0 Å². The van der Waals surface area contributed by atoms with Crippen LogP contribution < -0.4 is 5.43 Å². The molecule has 0 fully saturated rings. The molecular formula is C17H15ClN6O. The van der Waals surface area contributed by atoms with Crippen molar-refractivity contribution in [2.45, 2.75) is 6.54 Å². The fourth-order valence-electron chi connectivity index (χ4n) is 2.63. The molecule has 0 bridgehead atoms. The van der Waals surface area contributed by atoms with Gasteiger partial charge in [-0.3, -0.25) is 4.57 Å². The van der Waals surface area contributed by atoms with Crippen molar-refractivity contribution in [3.63, 3.8) is 0 Å². The summed E-state index contributed by atoms with van der Waals surface area (Å²) in [6, 6.07) is 14.4. The maximum Gasteiger partial charge on any atom is 0.168 e. The third-order valence-corrected chi connectivity index (χ3v) is 4.07. The summed E-state index contributed by atoms with van der Waals surface area (Å²) in [6.07, 6.45) is 1.80. The van der Waals surface area contributed by atoms with Gasteiger partial charge in [-0.1, -0.05) is 11.6 Å². The minimum atomic E-state index is 0.206. The lowest BCUT2D eigenvalue weighted by Crippen LogP contribution is -2.29. The highest BCUT2D eigenvalue weighted by Gasteiger charge is 2.18. The SMILES string of the molecule is Oc1ccc(-c2nnc(CN3N=CCN3)n2-c2ccc(Cl)cc2)cc1. The van der Waals surface area contributed by atoms with Crippen LogP contribution in [0.15, 0.2) is 53.6 Å². The van der Waals surface area contributed by atoms with Crippen molar-refractivity contribution in [3.05, 3.63) is 59.4 Å². The van der Waals surface area contributed by atoms with E-state index in [9.17, 15) is 5.11 Å². The van der Waals surface area contributed by atoms with E-state index in [-0.39, 0.29) is 5.75 Å². The van der Waals surface area contributed by atoms with Crippen LogP contribution in [0.4, 0.5) is 0 Å². The highest BCUT2D eigenvalue weighted by molar-refractivity contribution is 6.30. The summed E-state index contributed by atoms with van der Waals surface area (Å²) in [5.41, 5.74) is 4.88. The van der Waals surface area contributed by atoms with E-state index in [0.29, 0.717) is 23.9 Å². The Morgan fingerprint density at radius 1 is 1.04 bits per heavy atom. The van der Waals surface area contributed by atoms with Gasteiger partial charge >= 0.3 is 0 Å². The molecule has 0 atom stereocenters. The summed E-state index contributed by atoms with van der Waals surface area (Å²) >= 11 is 6.02. The third kappa shape index (κ3) is 3.19. The maximum atomic E-state index is 9.53. The molecule has 1 aromatic heterocycles. The fraction of sp³-hybridized carbons (Fsp3) is 0.118. The standard InChI is InChI=1S/C17H15ClN6O/c18-13-3-5-14(6-4-13)24-16(11-23-19-9-10-20-23)21-22-17(24)12-1-7-15(25)8-2-12/h1-9,20,25H,10-11H2. The molecule has 0 saturated heterocycles. The van der Waals surface area contributed by atoms with Gasteiger partial charge in [0.1, 0.15) is 12.3 Å². The molecule has 3 aromatic rings. The molecule has 2 heterocycles. The van der Waals surface area contributed by atoms with Crippen molar-refractivity contribution in [1.82, 2.24) is 25.3 Å². The summed E-state index contributed by atoms with van der Waals surface area (Å²) in [7, 11) is 0. The molecule has 126 valence electrons. The average molecular weight is 355 g/mol. The smallest absolute Gasteiger partial charge is 0.168 e. The van der Waals surface area contributed by atoms with Crippen molar-refractivity contribution in [3.8, 4) is 22.8 Å². The van der Waals surface area contributed by atoms with Crippen molar-refractivity contribution < 1.29 is 5.11 Å². The Kier molecular flexibility index (Phi) is 4.09. The molecule has 0 saturated carbocycles. The van der Waals surface area contributed by atoms with Crippen LogP contribution in [0.2, 0.25) is 5.02 Å². The zero-order valence-corrected chi connectivity index (χ0v) is 13.9. The minimum Gasteiger partial charge on any atom is -0.508 e. The van der Waals surface area contributed by atoms with Gasteiger partial charge in [0.2, 0.25) is 0 Å². The van der Waals surface area contributed by atoms with Crippen LogP contribution in [0.25, 0.3) is 17.1 Å². The first-order valence-corrected chi connectivity index (χ1v) is 8.11. The van der Waals surface area contributed by atoms with Gasteiger partial charge in [0, 0.05) is 22.5 Å². The number of rotatable bonds is 4. The Balaban J connectivity index is 1.80. The zero-order chi connectivity index (χ0) is 17.2. The number of halogens is 1. The number of hydrazine groups is 1. The molecule has 1 aliphatic rings. The monoisotopic (exact) mass is 354 g/mol. The van der Waals surface area contributed by atoms with Gasteiger partial charge in [0.05, 0.1) is 6.54 Å². The number of nitrogens with one attached hydrogen (secondary N) is 1. The van der Waals surface area contributed by atoms with E-state index in [1.54, 1.807) is 23.5 Å². The molecule has 0 amide bonds. The molecule has 7 nitrogen and oxygen atoms in total. The fourth-order valence-corrected chi connectivity index (χ4v) is 2.76. The first-order chi connectivity index (χ1) is 12.2. The molecule has 1 aliphatic heterocycles. The Morgan fingerprint density at radius 2 is 1.80 bits per heavy atom. The molecule has 0 radical (unpaired) electrons.